The largest absolute Gasteiger partial charge is 0.388 e. The van der Waals surface area contributed by atoms with Crippen molar-refractivity contribution in [2.75, 3.05) is 0 Å². The first-order chi connectivity index (χ1) is 14.9. The smallest absolute Gasteiger partial charge is 0.177 e. The lowest BCUT2D eigenvalue weighted by Crippen LogP contribution is -2.21. The highest BCUT2D eigenvalue weighted by Crippen LogP contribution is 2.36. The van der Waals surface area contributed by atoms with Crippen LogP contribution in [0.3, 0.4) is 0 Å². The van der Waals surface area contributed by atoms with Gasteiger partial charge in [0.25, 0.3) is 0 Å². The quantitative estimate of drug-likeness (QED) is 0.645. The Kier molecular flexibility index (Phi) is 4.84. The van der Waals surface area contributed by atoms with Crippen LogP contribution in [0.2, 0.25) is 0 Å². The summed E-state index contributed by atoms with van der Waals surface area (Å²) in [6, 6.07) is 10.2. The van der Waals surface area contributed by atoms with Gasteiger partial charge in [0.1, 0.15) is 70.6 Å². The van der Waals surface area contributed by atoms with Crippen molar-refractivity contribution in [1.29, 1.82) is 31.6 Å². The first-order valence-electron chi connectivity index (χ1n) is 7.97. The second kappa shape index (κ2) is 7.58. The van der Waals surface area contributed by atoms with Crippen molar-refractivity contribution in [3.63, 3.8) is 0 Å². The Hall–Kier alpha value is -5.95. The number of hydrogen-bond acceptors (Lipinski definition) is 12. The molecule has 0 fully saturated rings. The number of fused-ring (bicyclic) bond motifs is 3. The predicted octanol–water partition coefficient (Wildman–Crippen LogP) is 0.454. The second-order valence-electron chi connectivity index (χ2n) is 5.61. The number of rotatable bonds is 1. The molecule has 140 valence electrons. The first-order valence-corrected chi connectivity index (χ1v) is 7.97. The third-order valence-electron chi connectivity index (χ3n) is 3.94. The summed E-state index contributed by atoms with van der Waals surface area (Å²) in [6.07, 6.45) is 0. The lowest BCUT2D eigenvalue weighted by atomic mass is 9.92. The minimum atomic E-state index is -0.485. The highest BCUT2D eigenvalue weighted by atomic mass is 15.0. The lowest BCUT2D eigenvalue weighted by molar-refractivity contribution is 1.05. The summed E-state index contributed by atoms with van der Waals surface area (Å²) in [6.45, 7) is 3.84. The van der Waals surface area contributed by atoms with Gasteiger partial charge in [-0.3, -0.25) is 0 Å². The maximum absolute atomic E-state index is 9.31. The molecule has 0 saturated carbocycles. The van der Waals surface area contributed by atoms with Crippen LogP contribution in [0.5, 0.6) is 0 Å². The minimum Gasteiger partial charge on any atom is -0.388 e. The highest BCUT2D eigenvalue weighted by Gasteiger charge is 2.33. The summed E-state index contributed by atoms with van der Waals surface area (Å²) in [5, 5.41) is 55.4. The number of aromatic nitrogens is 4. The van der Waals surface area contributed by atoms with Gasteiger partial charge in [-0.05, 0) is 0 Å². The molecule has 1 aliphatic rings. The topological polar surface area (TPSA) is 233 Å². The monoisotopic (exact) mass is 400 g/mol. The fourth-order valence-electron chi connectivity index (χ4n) is 2.57. The zero-order valence-corrected chi connectivity index (χ0v) is 15.2. The standard InChI is InChI=1S/C19H4N12/c1-8-15(27-10(3-21)9(26)2-20)17-19(31-14(7-25)13(6-24)30-17)18-16(8)28-11(4-22)12(5-23)29-18/h1,26H2/b10-9-,27-15+. The van der Waals surface area contributed by atoms with Gasteiger partial charge in [0.05, 0.1) is 0 Å². The maximum Gasteiger partial charge on any atom is 0.177 e. The van der Waals surface area contributed by atoms with E-state index < -0.39 is 11.4 Å². The van der Waals surface area contributed by atoms with Gasteiger partial charge in [-0.2, -0.15) is 31.6 Å². The molecule has 0 amide bonds. The van der Waals surface area contributed by atoms with E-state index in [1.165, 1.54) is 0 Å². The van der Waals surface area contributed by atoms with Crippen LogP contribution in [0.1, 0.15) is 34.2 Å². The van der Waals surface area contributed by atoms with Crippen LogP contribution < -0.4 is 5.73 Å². The van der Waals surface area contributed by atoms with E-state index in [2.05, 4.69) is 31.5 Å². The zero-order chi connectivity index (χ0) is 22.7. The molecule has 0 atom stereocenters. The summed E-state index contributed by atoms with van der Waals surface area (Å²) < 4.78 is 0. The van der Waals surface area contributed by atoms with Gasteiger partial charge in [-0.1, -0.05) is 6.58 Å². The summed E-state index contributed by atoms with van der Waals surface area (Å²) in [5.41, 5.74) is 3.06. The van der Waals surface area contributed by atoms with E-state index >= 15 is 0 Å². The second-order valence-corrected chi connectivity index (χ2v) is 5.61. The van der Waals surface area contributed by atoms with Crippen molar-refractivity contribution in [1.82, 2.24) is 19.9 Å². The van der Waals surface area contributed by atoms with E-state index in [1.54, 1.807) is 36.4 Å². The fraction of sp³-hybridized carbons (Fsp3) is 0. The Bertz CT molecular complexity index is 1510. The zero-order valence-electron chi connectivity index (χ0n) is 15.2. The van der Waals surface area contributed by atoms with Crippen molar-refractivity contribution in [3.05, 3.63) is 52.1 Å². The highest BCUT2D eigenvalue weighted by molar-refractivity contribution is 6.35. The molecule has 0 aromatic carbocycles. The van der Waals surface area contributed by atoms with Crippen LogP contribution in [0.25, 0.3) is 17.0 Å². The third-order valence-corrected chi connectivity index (χ3v) is 3.94. The molecule has 0 bridgehead atoms. The van der Waals surface area contributed by atoms with Gasteiger partial charge < -0.3 is 5.73 Å². The van der Waals surface area contributed by atoms with Crippen LogP contribution in [0, 0.1) is 68.0 Å². The van der Waals surface area contributed by atoms with Crippen molar-refractivity contribution < 1.29 is 0 Å². The third kappa shape index (κ3) is 3.04. The number of nitrogens with zero attached hydrogens (tertiary/aromatic N) is 11. The minimum absolute atomic E-state index is 0.00230. The van der Waals surface area contributed by atoms with Crippen LogP contribution >= 0.6 is 0 Å². The van der Waals surface area contributed by atoms with Crippen LogP contribution in [0.15, 0.2) is 23.0 Å². The normalized spacial score (nSPS) is 13.1. The van der Waals surface area contributed by atoms with E-state index in [4.69, 9.17) is 11.0 Å². The van der Waals surface area contributed by atoms with Crippen LogP contribution in [-0.2, 0) is 0 Å². The first kappa shape index (κ1) is 19.8. The van der Waals surface area contributed by atoms with Gasteiger partial charge in [0.15, 0.2) is 28.5 Å². The van der Waals surface area contributed by atoms with Crippen LogP contribution in [-0.4, -0.2) is 25.6 Å². The Morgan fingerprint density at radius 2 is 1.10 bits per heavy atom. The fourth-order valence-corrected chi connectivity index (χ4v) is 2.57. The van der Waals surface area contributed by atoms with E-state index in [0.717, 1.165) is 0 Å². The molecular weight excluding hydrogens is 396 g/mol. The van der Waals surface area contributed by atoms with Gasteiger partial charge in [0, 0.05) is 5.57 Å². The average molecular weight is 400 g/mol. The van der Waals surface area contributed by atoms with Gasteiger partial charge in [0.2, 0.25) is 0 Å². The molecule has 0 aliphatic heterocycles. The van der Waals surface area contributed by atoms with E-state index in [1.807, 2.05) is 0 Å². The Morgan fingerprint density at radius 1 is 0.677 bits per heavy atom. The van der Waals surface area contributed by atoms with E-state index in [0.29, 0.717) is 0 Å². The molecule has 1 aliphatic carbocycles. The van der Waals surface area contributed by atoms with Gasteiger partial charge in [-0.15, -0.1) is 0 Å². The predicted molar refractivity (Wildman–Crippen MR) is 99.9 cm³/mol. The molecule has 2 N–H and O–H groups in total. The molecule has 0 unspecified atom stereocenters. The Labute approximate surface area is 174 Å². The molecule has 12 nitrogen and oxygen atoms in total. The summed E-state index contributed by atoms with van der Waals surface area (Å²) >= 11 is 0. The molecule has 0 saturated heterocycles. The average Bonchev–Trinajstić information content (AvgIpc) is 2.81. The number of nitrogens with two attached hydrogens (primary N) is 1. The summed E-state index contributed by atoms with van der Waals surface area (Å²) in [4.78, 5) is 20.4. The molecule has 31 heavy (non-hydrogen) atoms. The van der Waals surface area contributed by atoms with Crippen molar-refractivity contribution in [2.45, 2.75) is 0 Å². The number of aliphatic imine (C=N–C) groups is 1. The van der Waals surface area contributed by atoms with Crippen LogP contribution in [0.4, 0.5) is 0 Å². The molecule has 0 spiro atoms. The number of allylic oxidation sites excluding steroid dienone is 3. The number of hydrogen-bond donors (Lipinski definition) is 1. The Balaban J connectivity index is 2.52. The van der Waals surface area contributed by atoms with E-state index in [-0.39, 0.29) is 56.8 Å². The lowest BCUT2D eigenvalue weighted by Gasteiger charge is -2.21. The Morgan fingerprint density at radius 3 is 1.52 bits per heavy atom. The molecule has 12 heteroatoms. The van der Waals surface area contributed by atoms with E-state index in [9.17, 15) is 26.3 Å². The van der Waals surface area contributed by atoms with Gasteiger partial charge in [-0.25, -0.2) is 24.9 Å². The molecule has 0 radical (unpaired) electrons. The van der Waals surface area contributed by atoms with Crippen molar-refractivity contribution in [2.24, 2.45) is 10.7 Å². The molecule has 3 rings (SSSR count). The molecule has 2 heterocycles. The summed E-state index contributed by atoms with van der Waals surface area (Å²) in [5.74, 6) is 0. The molecule has 2 aromatic heterocycles. The summed E-state index contributed by atoms with van der Waals surface area (Å²) in [7, 11) is 0. The van der Waals surface area contributed by atoms with Crippen molar-refractivity contribution in [3.8, 4) is 47.8 Å². The van der Waals surface area contributed by atoms with Gasteiger partial charge >= 0.3 is 0 Å². The SMILES string of the molecule is C=C1/C(=N\C(C#N)=C(/N)C#N)c2nc(C#N)c(C#N)nc2-c2nc(C#N)c(C#N)nc21. The molecule has 2 aromatic rings. The maximum atomic E-state index is 9.31. The van der Waals surface area contributed by atoms with Crippen molar-refractivity contribution >= 4 is 11.3 Å². The molecular formula is C19H4N12. The number of nitriles is 6.